The summed E-state index contributed by atoms with van der Waals surface area (Å²) >= 11 is 0. The second kappa shape index (κ2) is 8.16. The highest BCUT2D eigenvalue weighted by molar-refractivity contribution is 5.95. The topological polar surface area (TPSA) is 48.0 Å². The Hall–Kier alpha value is -2.95. The Bertz CT molecular complexity index is 855. The highest BCUT2D eigenvalue weighted by atomic mass is 16.5. The number of carbonyl (C=O) groups is 1. The highest BCUT2D eigenvalue weighted by Gasteiger charge is 2.22. The molecule has 1 heterocycles. The molecular formula is C22H25NO4. The Morgan fingerprint density at radius 1 is 0.963 bits per heavy atom. The van der Waals surface area contributed by atoms with Gasteiger partial charge in [0.15, 0.2) is 11.5 Å². The molecule has 2 aromatic rings. The standard InChI is InChI=1S/C22H25NO4/c1-15(16-5-7-19(25-2)8-6-16)11-22(24)23-10-9-17-12-20(26-3)21(27-4)13-18(17)14-23/h5-8,11-13H,9-10,14H2,1-4H3/b15-11+. The number of amides is 1. The Morgan fingerprint density at radius 2 is 1.59 bits per heavy atom. The number of allylic oxidation sites excluding steroid dienone is 1. The van der Waals surface area contributed by atoms with E-state index in [4.69, 9.17) is 14.2 Å². The molecule has 0 spiro atoms. The van der Waals surface area contributed by atoms with Crippen molar-refractivity contribution in [1.29, 1.82) is 0 Å². The van der Waals surface area contributed by atoms with Gasteiger partial charge in [-0.1, -0.05) is 12.1 Å². The smallest absolute Gasteiger partial charge is 0.247 e. The van der Waals surface area contributed by atoms with Crippen LogP contribution < -0.4 is 14.2 Å². The third kappa shape index (κ3) is 4.08. The van der Waals surface area contributed by atoms with Crippen molar-refractivity contribution in [3.05, 3.63) is 59.2 Å². The summed E-state index contributed by atoms with van der Waals surface area (Å²) in [5.41, 5.74) is 4.24. The number of nitrogens with zero attached hydrogens (tertiary/aromatic N) is 1. The zero-order chi connectivity index (χ0) is 19.4. The summed E-state index contributed by atoms with van der Waals surface area (Å²) in [5.74, 6) is 2.24. The van der Waals surface area contributed by atoms with Crippen LogP contribution in [0.3, 0.4) is 0 Å². The molecule has 5 heteroatoms. The molecule has 142 valence electrons. The second-order valence-corrected chi connectivity index (χ2v) is 6.54. The Balaban J connectivity index is 1.76. The van der Waals surface area contributed by atoms with Crippen molar-refractivity contribution in [2.45, 2.75) is 19.9 Å². The maximum Gasteiger partial charge on any atom is 0.247 e. The van der Waals surface area contributed by atoms with Gasteiger partial charge in [-0.2, -0.15) is 0 Å². The van der Waals surface area contributed by atoms with Gasteiger partial charge in [-0.15, -0.1) is 0 Å². The summed E-state index contributed by atoms with van der Waals surface area (Å²) in [6.45, 7) is 3.21. The number of ether oxygens (including phenoxy) is 3. The molecule has 0 atom stereocenters. The number of methoxy groups -OCH3 is 3. The molecule has 1 aliphatic heterocycles. The van der Waals surface area contributed by atoms with Crippen LogP contribution in [0.4, 0.5) is 0 Å². The molecule has 5 nitrogen and oxygen atoms in total. The van der Waals surface area contributed by atoms with Gasteiger partial charge < -0.3 is 19.1 Å². The van der Waals surface area contributed by atoms with E-state index >= 15 is 0 Å². The third-order valence-electron chi connectivity index (χ3n) is 4.92. The molecule has 0 saturated carbocycles. The summed E-state index contributed by atoms with van der Waals surface area (Å²) in [4.78, 5) is 14.6. The van der Waals surface area contributed by atoms with Crippen LogP contribution in [0, 0.1) is 0 Å². The fourth-order valence-corrected chi connectivity index (χ4v) is 3.29. The van der Waals surface area contributed by atoms with E-state index < -0.39 is 0 Å². The minimum absolute atomic E-state index is 0.0174. The van der Waals surface area contributed by atoms with E-state index in [-0.39, 0.29) is 5.91 Å². The van der Waals surface area contributed by atoms with Crippen molar-refractivity contribution in [3.8, 4) is 17.2 Å². The Kier molecular flexibility index (Phi) is 5.69. The molecule has 0 unspecified atom stereocenters. The van der Waals surface area contributed by atoms with Crippen LogP contribution in [0.2, 0.25) is 0 Å². The number of fused-ring (bicyclic) bond motifs is 1. The van der Waals surface area contributed by atoms with Gasteiger partial charge >= 0.3 is 0 Å². The number of benzene rings is 2. The summed E-state index contributed by atoms with van der Waals surface area (Å²) in [5, 5.41) is 0. The van der Waals surface area contributed by atoms with Gasteiger partial charge in [0, 0.05) is 19.2 Å². The van der Waals surface area contributed by atoms with Crippen molar-refractivity contribution in [2.24, 2.45) is 0 Å². The first-order valence-electron chi connectivity index (χ1n) is 8.91. The third-order valence-corrected chi connectivity index (χ3v) is 4.92. The second-order valence-electron chi connectivity index (χ2n) is 6.54. The molecule has 3 rings (SSSR count). The summed E-state index contributed by atoms with van der Waals surface area (Å²) in [6.07, 6.45) is 2.50. The summed E-state index contributed by atoms with van der Waals surface area (Å²) in [7, 11) is 4.90. The molecule has 0 N–H and O–H groups in total. The van der Waals surface area contributed by atoms with Crippen LogP contribution in [0.5, 0.6) is 17.2 Å². The monoisotopic (exact) mass is 367 g/mol. The van der Waals surface area contributed by atoms with E-state index in [1.54, 1.807) is 27.4 Å². The molecule has 27 heavy (non-hydrogen) atoms. The van der Waals surface area contributed by atoms with Crippen LogP contribution in [0.1, 0.15) is 23.6 Å². The predicted octanol–water partition coefficient (Wildman–Crippen LogP) is 3.70. The fraction of sp³-hybridized carbons (Fsp3) is 0.318. The number of hydrogen-bond donors (Lipinski definition) is 0. The van der Waals surface area contributed by atoms with Gasteiger partial charge in [0.2, 0.25) is 5.91 Å². The van der Waals surface area contributed by atoms with Crippen LogP contribution in [0.15, 0.2) is 42.5 Å². The zero-order valence-electron chi connectivity index (χ0n) is 16.2. The average Bonchev–Trinajstić information content (AvgIpc) is 2.72. The number of rotatable bonds is 5. The minimum Gasteiger partial charge on any atom is -0.497 e. The molecule has 0 aromatic heterocycles. The van der Waals surface area contributed by atoms with E-state index in [0.29, 0.717) is 18.8 Å². The highest BCUT2D eigenvalue weighted by Crippen LogP contribution is 2.33. The SMILES string of the molecule is COc1ccc(/C(C)=C/C(=O)N2CCc3cc(OC)c(OC)cc3C2)cc1. The van der Waals surface area contributed by atoms with E-state index in [0.717, 1.165) is 34.6 Å². The van der Waals surface area contributed by atoms with Crippen molar-refractivity contribution < 1.29 is 19.0 Å². The molecule has 0 saturated heterocycles. The van der Waals surface area contributed by atoms with Crippen molar-refractivity contribution in [3.63, 3.8) is 0 Å². The first-order valence-corrected chi connectivity index (χ1v) is 8.91. The summed E-state index contributed by atoms with van der Waals surface area (Å²) < 4.78 is 15.9. The molecular weight excluding hydrogens is 342 g/mol. The van der Waals surface area contributed by atoms with Crippen LogP contribution in [-0.4, -0.2) is 38.7 Å². The van der Waals surface area contributed by atoms with Crippen LogP contribution >= 0.6 is 0 Å². The van der Waals surface area contributed by atoms with E-state index in [1.807, 2.05) is 48.2 Å². The van der Waals surface area contributed by atoms with E-state index in [2.05, 4.69) is 0 Å². The van der Waals surface area contributed by atoms with Gasteiger partial charge in [-0.3, -0.25) is 4.79 Å². The molecule has 0 bridgehead atoms. The van der Waals surface area contributed by atoms with Crippen molar-refractivity contribution in [1.82, 2.24) is 4.90 Å². The normalized spacial score (nSPS) is 13.8. The minimum atomic E-state index is 0.0174. The fourth-order valence-electron chi connectivity index (χ4n) is 3.29. The maximum atomic E-state index is 12.8. The zero-order valence-corrected chi connectivity index (χ0v) is 16.2. The predicted molar refractivity (Wildman–Crippen MR) is 105 cm³/mol. The average molecular weight is 367 g/mol. The van der Waals surface area contributed by atoms with Gasteiger partial charge in [-0.05, 0) is 59.9 Å². The Morgan fingerprint density at radius 3 is 2.19 bits per heavy atom. The lowest BCUT2D eigenvalue weighted by Crippen LogP contribution is -2.35. The van der Waals surface area contributed by atoms with E-state index in [1.165, 1.54) is 5.56 Å². The number of carbonyl (C=O) groups excluding carboxylic acids is 1. The first-order chi connectivity index (χ1) is 13.0. The van der Waals surface area contributed by atoms with Crippen molar-refractivity contribution >= 4 is 11.5 Å². The molecule has 0 radical (unpaired) electrons. The first kappa shape index (κ1) is 18.8. The quantitative estimate of drug-likeness (QED) is 0.756. The van der Waals surface area contributed by atoms with Gasteiger partial charge in [0.1, 0.15) is 5.75 Å². The van der Waals surface area contributed by atoms with Crippen LogP contribution in [-0.2, 0) is 17.8 Å². The lowest BCUT2D eigenvalue weighted by molar-refractivity contribution is -0.126. The number of hydrogen-bond acceptors (Lipinski definition) is 4. The summed E-state index contributed by atoms with van der Waals surface area (Å²) in [6, 6.07) is 11.7. The van der Waals surface area contributed by atoms with Gasteiger partial charge in [0.05, 0.1) is 21.3 Å². The molecule has 1 amide bonds. The molecule has 1 aliphatic rings. The van der Waals surface area contributed by atoms with Crippen LogP contribution in [0.25, 0.3) is 5.57 Å². The molecule has 0 fully saturated rings. The van der Waals surface area contributed by atoms with Gasteiger partial charge in [-0.25, -0.2) is 0 Å². The lowest BCUT2D eigenvalue weighted by atomic mass is 9.98. The molecule has 2 aromatic carbocycles. The lowest BCUT2D eigenvalue weighted by Gasteiger charge is -2.29. The molecule has 0 aliphatic carbocycles. The largest absolute Gasteiger partial charge is 0.497 e. The van der Waals surface area contributed by atoms with E-state index in [9.17, 15) is 4.79 Å². The maximum absolute atomic E-state index is 12.8. The van der Waals surface area contributed by atoms with Crippen molar-refractivity contribution in [2.75, 3.05) is 27.9 Å². The Labute approximate surface area is 160 Å². The van der Waals surface area contributed by atoms with Gasteiger partial charge in [0.25, 0.3) is 0 Å².